The first-order valence-corrected chi connectivity index (χ1v) is 4.69. The van der Waals surface area contributed by atoms with E-state index in [4.69, 9.17) is 10.5 Å². The van der Waals surface area contributed by atoms with E-state index in [1.165, 1.54) is 13.8 Å². The number of rotatable bonds is 3. The van der Waals surface area contributed by atoms with Crippen molar-refractivity contribution in [3.05, 3.63) is 0 Å². The normalized spacial score (nSPS) is 15.1. The number of alkyl halides is 1. The third-order valence-corrected chi connectivity index (χ3v) is 1.41. The van der Waals surface area contributed by atoms with Crippen LogP contribution < -0.4 is 5.73 Å². The molecule has 0 aliphatic rings. The number of carbonyl (C=O) groups is 1. The highest BCUT2D eigenvalue weighted by Gasteiger charge is 2.28. The van der Waals surface area contributed by atoms with Crippen molar-refractivity contribution in [3.63, 3.8) is 0 Å². The van der Waals surface area contributed by atoms with Crippen molar-refractivity contribution in [3.8, 4) is 0 Å². The van der Waals surface area contributed by atoms with Gasteiger partial charge in [-0.2, -0.15) is 0 Å². The average Bonchev–Trinajstić information content (AvgIpc) is 1.78. The largest absolute Gasteiger partial charge is 0.459 e. The van der Waals surface area contributed by atoms with Crippen LogP contribution in [-0.4, -0.2) is 23.3 Å². The first-order chi connectivity index (χ1) is 6.01. The summed E-state index contributed by atoms with van der Waals surface area (Å²) < 4.78 is 18.2. The Balaban J connectivity index is 4.15. The number of hydrogen-bond donors (Lipinski definition) is 1. The van der Waals surface area contributed by atoms with E-state index >= 15 is 0 Å². The standard InChI is InChI=1S/C10H20FNO2/c1-9(2,3)14-8(13)7(12)6-10(4,5)11/h7H,6,12H2,1-5H3. The molecule has 1 atom stereocenters. The maximum absolute atomic E-state index is 13.1. The summed E-state index contributed by atoms with van der Waals surface area (Å²) in [6.07, 6.45) is -0.0259. The van der Waals surface area contributed by atoms with Crippen LogP contribution in [0.15, 0.2) is 0 Å². The maximum atomic E-state index is 13.1. The van der Waals surface area contributed by atoms with Gasteiger partial charge in [0.1, 0.15) is 17.3 Å². The van der Waals surface area contributed by atoms with Gasteiger partial charge in [0.05, 0.1) is 0 Å². The second kappa shape index (κ2) is 4.26. The van der Waals surface area contributed by atoms with Gasteiger partial charge in [0.2, 0.25) is 0 Å². The van der Waals surface area contributed by atoms with Crippen molar-refractivity contribution < 1.29 is 13.9 Å². The molecule has 0 radical (unpaired) electrons. The molecule has 84 valence electrons. The Morgan fingerprint density at radius 3 is 2.07 bits per heavy atom. The van der Waals surface area contributed by atoms with Crippen molar-refractivity contribution in [2.45, 2.75) is 58.4 Å². The van der Waals surface area contributed by atoms with E-state index in [0.29, 0.717) is 0 Å². The summed E-state index contributed by atoms with van der Waals surface area (Å²) in [5.74, 6) is -0.553. The van der Waals surface area contributed by atoms with Crippen LogP contribution in [0.4, 0.5) is 4.39 Å². The smallest absolute Gasteiger partial charge is 0.323 e. The molecule has 0 aliphatic carbocycles. The number of nitrogens with two attached hydrogens (primary N) is 1. The molecule has 0 saturated carbocycles. The van der Waals surface area contributed by atoms with Gasteiger partial charge in [-0.3, -0.25) is 4.79 Å². The van der Waals surface area contributed by atoms with E-state index in [9.17, 15) is 9.18 Å². The van der Waals surface area contributed by atoms with Gasteiger partial charge in [0.15, 0.2) is 0 Å². The molecule has 0 bridgehead atoms. The molecular weight excluding hydrogens is 185 g/mol. The van der Waals surface area contributed by atoms with Crippen LogP contribution in [0.2, 0.25) is 0 Å². The van der Waals surface area contributed by atoms with Crippen molar-refractivity contribution in [2.75, 3.05) is 0 Å². The lowest BCUT2D eigenvalue weighted by Crippen LogP contribution is -2.40. The predicted octanol–water partition coefficient (Wildman–Crippen LogP) is 1.79. The number of hydrogen-bond acceptors (Lipinski definition) is 3. The third-order valence-electron chi connectivity index (χ3n) is 1.41. The lowest BCUT2D eigenvalue weighted by molar-refractivity contribution is -0.157. The van der Waals surface area contributed by atoms with Gasteiger partial charge in [-0.15, -0.1) is 0 Å². The minimum absolute atomic E-state index is 0.0259. The van der Waals surface area contributed by atoms with Crippen LogP contribution in [0, 0.1) is 0 Å². The molecule has 4 heteroatoms. The van der Waals surface area contributed by atoms with E-state index in [0.717, 1.165) is 0 Å². The molecule has 3 nitrogen and oxygen atoms in total. The van der Waals surface area contributed by atoms with E-state index < -0.39 is 23.3 Å². The minimum atomic E-state index is -1.45. The van der Waals surface area contributed by atoms with Gasteiger partial charge in [0, 0.05) is 6.42 Å². The summed E-state index contributed by atoms with van der Waals surface area (Å²) in [6, 6.07) is -0.894. The summed E-state index contributed by atoms with van der Waals surface area (Å²) in [5, 5.41) is 0. The highest BCUT2D eigenvalue weighted by atomic mass is 19.1. The van der Waals surface area contributed by atoms with Gasteiger partial charge < -0.3 is 10.5 Å². The molecule has 0 aromatic heterocycles. The summed E-state index contributed by atoms with van der Waals surface area (Å²) in [5.41, 5.74) is 3.47. The van der Waals surface area contributed by atoms with Crippen molar-refractivity contribution in [2.24, 2.45) is 5.73 Å². The number of carbonyl (C=O) groups excluding carboxylic acids is 1. The van der Waals surface area contributed by atoms with Gasteiger partial charge in [0.25, 0.3) is 0 Å². The van der Waals surface area contributed by atoms with Gasteiger partial charge in [-0.1, -0.05) is 0 Å². The maximum Gasteiger partial charge on any atom is 0.323 e. The molecule has 2 N–H and O–H groups in total. The molecule has 0 saturated heterocycles. The van der Waals surface area contributed by atoms with E-state index in [2.05, 4.69) is 0 Å². The quantitative estimate of drug-likeness (QED) is 0.715. The third kappa shape index (κ3) is 6.83. The lowest BCUT2D eigenvalue weighted by Gasteiger charge is -2.24. The van der Waals surface area contributed by atoms with Crippen LogP contribution in [0.25, 0.3) is 0 Å². The molecule has 0 heterocycles. The Hall–Kier alpha value is -0.640. The Morgan fingerprint density at radius 1 is 1.36 bits per heavy atom. The van der Waals surface area contributed by atoms with Gasteiger partial charge >= 0.3 is 5.97 Å². The van der Waals surface area contributed by atoms with E-state index in [-0.39, 0.29) is 6.42 Å². The monoisotopic (exact) mass is 205 g/mol. The number of esters is 1. The highest BCUT2D eigenvalue weighted by Crippen LogP contribution is 2.17. The zero-order chi connectivity index (χ0) is 11.6. The van der Waals surface area contributed by atoms with Crippen LogP contribution in [0.3, 0.4) is 0 Å². The second-order valence-electron chi connectivity index (χ2n) is 5.06. The fraction of sp³-hybridized carbons (Fsp3) is 0.900. The Kier molecular flexibility index (Phi) is 4.06. The Morgan fingerprint density at radius 2 is 1.79 bits per heavy atom. The van der Waals surface area contributed by atoms with Crippen molar-refractivity contribution >= 4 is 5.97 Å². The zero-order valence-corrected chi connectivity index (χ0v) is 9.56. The Labute approximate surface area is 84.8 Å². The SMILES string of the molecule is CC(C)(F)CC(N)C(=O)OC(C)(C)C. The van der Waals surface area contributed by atoms with E-state index in [1.807, 2.05) is 0 Å². The summed E-state index contributed by atoms with van der Waals surface area (Å²) >= 11 is 0. The molecule has 0 amide bonds. The van der Waals surface area contributed by atoms with Gasteiger partial charge in [-0.05, 0) is 34.6 Å². The highest BCUT2D eigenvalue weighted by molar-refractivity contribution is 5.76. The van der Waals surface area contributed by atoms with Crippen LogP contribution in [0.1, 0.15) is 41.0 Å². The topological polar surface area (TPSA) is 52.3 Å². The molecule has 0 aromatic rings. The summed E-state index contributed by atoms with van der Waals surface area (Å²) in [6.45, 7) is 8.02. The molecule has 0 aromatic carbocycles. The molecule has 14 heavy (non-hydrogen) atoms. The molecule has 1 unspecified atom stereocenters. The number of ether oxygens (including phenoxy) is 1. The second-order valence-corrected chi connectivity index (χ2v) is 5.06. The van der Waals surface area contributed by atoms with Crippen molar-refractivity contribution in [1.82, 2.24) is 0 Å². The summed E-state index contributed by atoms with van der Waals surface area (Å²) in [4.78, 5) is 11.3. The van der Waals surface area contributed by atoms with Crippen LogP contribution in [-0.2, 0) is 9.53 Å². The first-order valence-electron chi connectivity index (χ1n) is 4.69. The number of halogens is 1. The summed E-state index contributed by atoms with van der Waals surface area (Å²) in [7, 11) is 0. The van der Waals surface area contributed by atoms with Crippen molar-refractivity contribution in [1.29, 1.82) is 0 Å². The predicted molar refractivity (Wildman–Crippen MR) is 53.6 cm³/mol. The fourth-order valence-electron chi connectivity index (χ4n) is 0.984. The fourth-order valence-corrected chi connectivity index (χ4v) is 0.984. The lowest BCUT2D eigenvalue weighted by atomic mass is 10.0. The first kappa shape index (κ1) is 13.4. The molecule has 0 aliphatic heterocycles. The van der Waals surface area contributed by atoms with Crippen LogP contribution >= 0.6 is 0 Å². The minimum Gasteiger partial charge on any atom is -0.459 e. The van der Waals surface area contributed by atoms with Gasteiger partial charge in [-0.25, -0.2) is 4.39 Å². The molecule has 0 fully saturated rings. The van der Waals surface area contributed by atoms with Crippen LogP contribution in [0.5, 0.6) is 0 Å². The molecule has 0 rings (SSSR count). The molecular formula is C10H20FNO2. The molecule has 0 spiro atoms. The van der Waals surface area contributed by atoms with E-state index in [1.54, 1.807) is 20.8 Å². The zero-order valence-electron chi connectivity index (χ0n) is 9.56. The average molecular weight is 205 g/mol. The Bertz CT molecular complexity index is 203.